The van der Waals surface area contributed by atoms with Crippen LogP contribution in [-0.2, 0) is 9.59 Å². The number of nitrogens with one attached hydrogen (secondary N) is 4. The molecule has 1 aliphatic rings. The van der Waals surface area contributed by atoms with Gasteiger partial charge in [0.1, 0.15) is 0 Å². The molecule has 1 saturated carbocycles. The fourth-order valence-corrected chi connectivity index (χ4v) is 2.75. The highest BCUT2D eigenvalue weighted by Crippen LogP contribution is 2.19. The van der Waals surface area contributed by atoms with E-state index in [-0.39, 0.29) is 12.1 Å². The zero-order chi connectivity index (χ0) is 18.3. The number of hydrogen-bond acceptors (Lipinski definition) is 6. The average molecular weight is 344 g/mol. The van der Waals surface area contributed by atoms with Crippen molar-refractivity contribution in [2.24, 2.45) is 0 Å². The summed E-state index contributed by atoms with van der Waals surface area (Å²) in [7, 11) is 0. The van der Waals surface area contributed by atoms with Crippen LogP contribution in [0.1, 0.15) is 39.5 Å². The summed E-state index contributed by atoms with van der Waals surface area (Å²) in [4.78, 5) is 44.4. The Labute approximate surface area is 139 Å². The van der Waals surface area contributed by atoms with E-state index in [2.05, 4.69) is 10.6 Å². The van der Waals surface area contributed by atoms with E-state index in [0.717, 1.165) is 25.7 Å². The van der Waals surface area contributed by atoms with Crippen molar-refractivity contribution in [2.45, 2.75) is 63.7 Å². The Hall–Kier alpha value is -2.20. The van der Waals surface area contributed by atoms with Crippen molar-refractivity contribution in [1.29, 1.82) is 0 Å². The van der Waals surface area contributed by atoms with Crippen LogP contribution in [0.25, 0.3) is 0 Å². The molecule has 24 heavy (non-hydrogen) atoms. The number of carbonyl (C=O) groups is 4. The largest absolute Gasteiger partial charge is 0.465 e. The van der Waals surface area contributed by atoms with E-state index in [1.165, 1.54) is 0 Å². The van der Waals surface area contributed by atoms with Gasteiger partial charge in [-0.1, -0.05) is 12.8 Å². The lowest BCUT2D eigenvalue weighted by Gasteiger charge is -2.36. The van der Waals surface area contributed by atoms with Crippen LogP contribution < -0.4 is 21.3 Å². The van der Waals surface area contributed by atoms with Crippen molar-refractivity contribution in [3.63, 3.8) is 0 Å². The monoisotopic (exact) mass is 344 g/mol. The molecule has 10 heteroatoms. The Bertz CT molecular complexity index is 454. The summed E-state index contributed by atoms with van der Waals surface area (Å²) < 4.78 is 0. The maximum absolute atomic E-state index is 11.7. The van der Waals surface area contributed by atoms with Crippen LogP contribution in [0.2, 0.25) is 0 Å². The highest BCUT2D eigenvalue weighted by molar-refractivity contribution is 5.94. The van der Waals surface area contributed by atoms with Crippen LogP contribution >= 0.6 is 0 Å². The summed E-state index contributed by atoms with van der Waals surface area (Å²) in [6, 6.07) is -1.69. The molecule has 0 saturated heterocycles. The smallest absolute Gasteiger partial charge is 0.411 e. The second-order valence-electron chi connectivity index (χ2n) is 5.86. The van der Waals surface area contributed by atoms with Crippen molar-refractivity contribution in [2.75, 3.05) is 0 Å². The quantitative estimate of drug-likeness (QED) is 0.388. The van der Waals surface area contributed by atoms with Crippen molar-refractivity contribution in [1.82, 2.24) is 21.3 Å². The predicted octanol–water partition coefficient (Wildman–Crippen LogP) is -0.158. The molecule has 0 aromatic rings. The molecule has 0 spiro atoms. The Morgan fingerprint density at radius 2 is 1.12 bits per heavy atom. The van der Waals surface area contributed by atoms with Crippen molar-refractivity contribution in [3.8, 4) is 0 Å². The number of hydrogen-bond donors (Lipinski definition) is 6. The molecule has 1 rings (SSSR count). The van der Waals surface area contributed by atoms with E-state index < -0.39 is 36.1 Å². The molecule has 0 aromatic heterocycles. The van der Waals surface area contributed by atoms with Gasteiger partial charge in [0, 0.05) is 12.1 Å². The Kier molecular flexibility index (Phi) is 7.59. The van der Waals surface area contributed by atoms with Gasteiger partial charge in [0.15, 0.2) is 0 Å². The third kappa shape index (κ3) is 6.50. The first-order valence-corrected chi connectivity index (χ1v) is 7.80. The van der Waals surface area contributed by atoms with E-state index in [4.69, 9.17) is 10.2 Å². The van der Waals surface area contributed by atoms with E-state index in [9.17, 15) is 19.2 Å². The number of amides is 4. The maximum atomic E-state index is 11.7. The van der Waals surface area contributed by atoms with Crippen molar-refractivity contribution < 1.29 is 29.4 Å². The fourth-order valence-electron chi connectivity index (χ4n) is 2.75. The third-order valence-electron chi connectivity index (χ3n) is 3.94. The summed E-state index contributed by atoms with van der Waals surface area (Å²) in [5, 5.41) is 26.9. The highest BCUT2D eigenvalue weighted by atomic mass is 16.4. The molecule has 1 aliphatic carbocycles. The van der Waals surface area contributed by atoms with Gasteiger partial charge < -0.3 is 20.8 Å². The summed E-state index contributed by atoms with van der Waals surface area (Å²) in [5.41, 5.74) is 0. The summed E-state index contributed by atoms with van der Waals surface area (Å²) in [5.74, 6) is -1.30. The first kappa shape index (κ1) is 19.8. The van der Waals surface area contributed by atoms with E-state index in [1.54, 1.807) is 24.5 Å². The van der Waals surface area contributed by atoms with Gasteiger partial charge in [-0.3, -0.25) is 20.2 Å². The van der Waals surface area contributed by atoms with Crippen LogP contribution in [-0.4, -0.2) is 58.4 Å². The number of imide groups is 2. The topological polar surface area (TPSA) is 157 Å². The molecule has 10 nitrogen and oxygen atoms in total. The molecule has 136 valence electrons. The van der Waals surface area contributed by atoms with Gasteiger partial charge in [-0.25, -0.2) is 9.59 Å². The minimum absolute atomic E-state index is 0.131. The van der Waals surface area contributed by atoms with Gasteiger partial charge >= 0.3 is 12.2 Å². The Balaban J connectivity index is 2.61. The lowest BCUT2D eigenvalue weighted by molar-refractivity contribution is -0.123. The molecule has 4 atom stereocenters. The fraction of sp³-hybridized carbons (Fsp3) is 0.714. The Morgan fingerprint density at radius 3 is 1.42 bits per heavy atom. The predicted molar refractivity (Wildman–Crippen MR) is 83.6 cm³/mol. The molecule has 0 unspecified atom stereocenters. The second kappa shape index (κ2) is 9.18. The number of carbonyl (C=O) groups excluding carboxylic acids is 2. The molecule has 4 amide bonds. The van der Waals surface area contributed by atoms with Crippen LogP contribution in [0.5, 0.6) is 0 Å². The molecule has 1 fully saturated rings. The van der Waals surface area contributed by atoms with Crippen LogP contribution in [0.15, 0.2) is 0 Å². The first-order chi connectivity index (χ1) is 11.2. The van der Waals surface area contributed by atoms with Gasteiger partial charge in [-0.2, -0.15) is 0 Å². The second-order valence-corrected chi connectivity index (χ2v) is 5.86. The maximum Gasteiger partial charge on any atom is 0.411 e. The number of rotatable bonds is 6. The SMILES string of the molecule is C[C@H](N[C@@H]1CCCC[C@H]1N[C@H](C)C(=O)NC(=O)O)C(=O)NC(=O)O. The first-order valence-electron chi connectivity index (χ1n) is 7.80. The molecular weight excluding hydrogens is 320 g/mol. The van der Waals surface area contributed by atoms with E-state index in [0.29, 0.717) is 0 Å². The normalized spacial score (nSPS) is 22.9. The Morgan fingerprint density at radius 1 is 0.792 bits per heavy atom. The minimum atomic E-state index is -1.41. The van der Waals surface area contributed by atoms with E-state index >= 15 is 0 Å². The third-order valence-corrected chi connectivity index (χ3v) is 3.94. The zero-order valence-corrected chi connectivity index (χ0v) is 13.7. The lowest BCUT2D eigenvalue weighted by Crippen LogP contribution is -2.59. The molecule has 0 radical (unpaired) electrons. The lowest BCUT2D eigenvalue weighted by atomic mass is 9.89. The van der Waals surface area contributed by atoms with Gasteiger partial charge in [0.2, 0.25) is 11.8 Å². The molecule has 0 bridgehead atoms. The van der Waals surface area contributed by atoms with Crippen LogP contribution in [0.4, 0.5) is 9.59 Å². The zero-order valence-electron chi connectivity index (χ0n) is 13.7. The van der Waals surface area contributed by atoms with Gasteiger partial charge in [0.05, 0.1) is 12.1 Å². The van der Waals surface area contributed by atoms with Crippen LogP contribution in [0.3, 0.4) is 0 Å². The standard InChI is InChI=1S/C14H24N4O6/c1-7(11(19)17-13(21)22)15-9-5-3-4-6-10(9)16-8(2)12(20)18-14(23)24/h7-10,15-16H,3-6H2,1-2H3,(H,17,19)(H,18,20)(H,21,22)(H,23,24)/t7-,8+,9-,10-/m1/s1. The average Bonchev–Trinajstić information content (AvgIpc) is 2.47. The number of carboxylic acid groups (broad SMARTS) is 2. The molecule has 0 aliphatic heterocycles. The molecular formula is C14H24N4O6. The van der Waals surface area contributed by atoms with E-state index in [1.807, 2.05) is 0 Å². The minimum Gasteiger partial charge on any atom is -0.465 e. The highest BCUT2D eigenvalue weighted by Gasteiger charge is 2.30. The summed E-state index contributed by atoms with van der Waals surface area (Å²) >= 11 is 0. The summed E-state index contributed by atoms with van der Waals surface area (Å²) in [6.07, 6.45) is 0.583. The molecule has 0 aromatic carbocycles. The van der Waals surface area contributed by atoms with Crippen molar-refractivity contribution in [3.05, 3.63) is 0 Å². The molecule has 0 heterocycles. The summed E-state index contributed by atoms with van der Waals surface area (Å²) in [6.45, 7) is 3.12. The molecule has 6 N–H and O–H groups in total. The van der Waals surface area contributed by atoms with Crippen molar-refractivity contribution >= 4 is 24.0 Å². The van der Waals surface area contributed by atoms with Gasteiger partial charge in [-0.15, -0.1) is 0 Å². The van der Waals surface area contributed by atoms with Gasteiger partial charge in [0.25, 0.3) is 0 Å². The van der Waals surface area contributed by atoms with Gasteiger partial charge in [-0.05, 0) is 26.7 Å². The van der Waals surface area contributed by atoms with Crippen LogP contribution in [0, 0.1) is 0 Å².